The quantitative estimate of drug-likeness (QED) is 0.687. The second-order valence-electron chi connectivity index (χ2n) is 6.17. The van der Waals surface area contributed by atoms with Crippen molar-refractivity contribution in [3.05, 3.63) is 64.7 Å². The van der Waals surface area contributed by atoms with Gasteiger partial charge in [0.05, 0.1) is 6.61 Å². The van der Waals surface area contributed by atoms with Gasteiger partial charge in [0.25, 0.3) is 0 Å². The molecule has 0 spiro atoms. The first kappa shape index (κ1) is 17.6. The van der Waals surface area contributed by atoms with Crippen molar-refractivity contribution in [2.24, 2.45) is 5.73 Å². The van der Waals surface area contributed by atoms with E-state index < -0.39 is 0 Å². The van der Waals surface area contributed by atoms with Crippen molar-refractivity contribution < 1.29 is 4.74 Å². The molecule has 0 atom stereocenters. The number of ether oxygens (including phenoxy) is 1. The van der Waals surface area contributed by atoms with Gasteiger partial charge < -0.3 is 10.5 Å². The van der Waals surface area contributed by atoms with Gasteiger partial charge in [-0.3, -0.25) is 0 Å². The minimum absolute atomic E-state index is 0.678. The number of rotatable bonds is 9. The third-order valence-electron chi connectivity index (χ3n) is 4.42. The Balaban J connectivity index is 1.93. The molecule has 0 fully saturated rings. The molecule has 0 heterocycles. The summed E-state index contributed by atoms with van der Waals surface area (Å²) in [5, 5.41) is 0. The highest BCUT2D eigenvalue weighted by atomic mass is 16.5. The monoisotopic (exact) mass is 311 g/mol. The van der Waals surface area contributed by atoms with Crippen LogP contribution >= 0.6 is 0 Å². The molecule has 0 aromatic heterocycles. The van der Waals surface area contributed by atoms with E-state index in [4.69, 9.17) is 10.5 Å². The first-order chi connectivity index (χ1) is 11.2. The summed E-state index contributed by atoms with van der Waals surface area (Å²) in [7, 11) is 0. The maximum atomic E-state index is 5.95. The number of aryl methyl sites for hydroxylation is 2. The molecule has 0 bridgehead atoms. The molecule has 0 saturated heterocycles. The fraction of sp³-hybridized carbons (Fsp3) is 0.429. The first-order valence-electron chi connectivity index (χ1n) is 8.68. The highest BCUT2D eigenvalue weighted by molar-refractivity contribution is 5.44. The van der Waals surface area contributed by atoms with Crippen LogP contribution < -0.4 is 10.5 Å². The lowest BCUT2D eigenvalue weighted by atomic mass is 9.96. The van der Waals surface area contributed by atoms with Gasteiger partial charge in [0.15, 0.2) is 0 Å². The lowest BCUT2D eigenvalue weighted by Crippen LogP contribution is -2.08. The van der Waals surface area contributed by atoms with E-state index in [0.29, 0.717) is 13.2 Å². The first-order valence-corrected chi connectivity index (χ1v) is 8.68. The summed E-state index contributed by atoms with van der Waals surface area (Å²) in [5.41, 5.74) is 11.1. The zero-order chi connectivity index (χ0) is 16.5. The number of hydrogen-bond acceptors (Lipinski definition) is 2. The minimum atomic E-state index is 0.678. The predicted octanol–water partition coefficient (Wildman–Crippen LogP) is 4.60. The van der Waals surface area contributed by atoms with Gasteiger partial charge in [0, 0.05) is 0 Å². The van der Waals surface area contributed by atoms with Crippen LogP contribution in [-0.2, 0) is 12.8 Å². The van der Waals surface area contributed by atoms with Crippen LogP contribution in [0.25, 0.3) is 0 Å². The van der Waals surface area contributed by atoms with Crippen molar-refractivity contribution in [1.82, 2.24) is 0 Å². The lowest BCUT2D eigenvalue weighted by molar-refractivity contribution is 0.309. The fourth-order valence-corrected chi connectivity index (χ4v) is 2.84. The Morgan fingerprint density at radius 2 is 1.61 bits per heavy atom. The molecule has 0 saturated carbocycles. The molecule has 2 rings (SSSR count). The van der Waals surface area contributed by atoms with Crippen LogP contribution in [0.4, 0.5) is 0 Å². The molecule has 2 heteroatoms. The van der Waals surface area contributed by atoms with Gasteiger partial charge in [-0.15, -0.1) is 0 Å². The summed E-state index contributed by atoms with van der Waals surface area (Å²) in [6.07, 6.45) is 5.53. The molecule has 2 aromatic carbocycles. The molecule has 0 aliphatic rings. The zero-order valence-corrected chi connectivity index (χ0v) is 14.5. The van der Waals surface area contributed by atoms with E-state index in [9.17, 15) is 0 Å². The fourth-order valence-electron chi connectivity index (χ4n) is 2.84. The van der Waals surface area contributed by atoms with E-state index >= 15 is 0 Å². The summed E-state index contributed by atoms with van der Waals surface area (Å²) in [5.74, 6) is 1.04. The van der Waals surface area contributed by atoms with Crippen LogP contribution in [0.15, 0.2) is 42.5 Å². The minimum Gasteiger partial charge on any atom is -0.493 e. The summed E-state index contributed by atoms with van der Waals surface area (Å²) >= 11 is 0. The maximum Gasteiger partial charge on any atom is 0.122 e. The highest BCUT2D eigenvalue weighted by Gasteiger charge is 2.09. The predicted molar refractivity (Wildman–Crippen MR) is 98.2 cm³/mol. The molecule has 0 radical (unpaired) electrons. The molecule has 0 aliphatic heterocycles. The highest BCUT2D eigenvalue weighted by Crippen LogP contribution is 2.27. The summed E-state index contributed by atoms with van der Waals surface area (Å²) < 4.78 is 5.95. The second-order valence-corrected chi connectivity index (χ2v) is 6.17. The van der Waals surface area contributed by atoms with Gasteiger partial charge in [-0.2, -0.15) is 0 Å². The van der Waals surface area contributed by atoms with Gasteiger partial charge in [0.1, 0.15) is 5.75 Å². The average molecular weight is 311 g/mol. The van der Waals surface area contributed by atoms with Gasteiger partial charge in [-0.25, -0.2) is 0 Å². The maximum absolute atomic E-state index is 5.95. The standard InChI is InChI=1S/C21H29NO/c1-17-13-14-21(23-16-8-15-22)20(18(17)2)12-7-6-11-19-9-4-3-5-10-19/h3-5,9-10,13-14H,6-8,11-12,15-16,22H2,1-2H3. The average Bonchev–Trinajstić information content (AvgIpc) is 2.58. The molecule has 23 heavy (non-hydrogen) atoms. The third-order valence-corrected chi connectivity index (χ3v) is 4.42. The second kappa shape index (κ2) is 9.36. The van der Waals surface area contributed by atoms with Crippen LogP contribution in [0.2, 0.25) is 0 Å². The van der Waals surface area contributed by atoms with Gasteiger partial charge in [-0.1, -0.05) is 36.4 Å². The molecular formula is C21H29NO. The molecule has 2 nitrogen and oxygen atoms in total. The third kappa shape index (κ3) is 5.40. The van der Waals surface area contributed by atoms with Crippen LogP contribution in [0.3, 0.4) is 0 Å². The Bertz CT molecular complexity index is 592. The molecule has 0 amide bonds. The molecule has 0 aliphatic carbocycles. The summed E-state index contributed by atoms with van der Waals surface area (Å²) in [6, 6.07) is 15.0. The van der Waals surface area contributed by atoms with Gasteiger partial charge >= 0.3 is 0 Å². The molecule has 0 unspecified atom stereocenters. The lowest BCUT2D eigenvalue weighted by Gasteiger charge is -2.16. The van der Waals surface area contributed by atoms with Crippen molar-refractivity contribution in [3.8, 4) is 5.75 Å². The van der Waals surface area contributed by atoms with Crippen LogP contribution in [0.5, 0.6) is 5.75 Å². The Hall–Kier alpha value is -1.80. The van der Waals surface area contributed by atoms with E-state index in [0.717, 1.165) is 25.0 Å². The van der Waals surface area contributed by atoms with Crippen molar-refractivity contribution in [2.75, 3.05) is 13.2 Å². The number of nitrogens with two attached hydrogens (primary N) is 1. The largest absolute Gasteiger partial charge is 0.493 e. The molecule has 2 N–H and O–H groups in total. The van der Waals surface area contributed by atoms with Crippen molar-refractivity contribution in [2.45, 2.75) is 46.0 Å². The number of unbranched alkanes of at least 4 members (excludes halogenated alkanes) is 1. The molecular weight excluding hydrogens is 282 g/mol. The topological polar surface area (TPSA) is 35.2 Å². The molecule has 124 valence electrons. The van der Waals surface area contributed by atoms with Crippen LogP contribution in [-0.4, -0.2) is 13.2 Å². The van der Waals surface area contributed by atoms with E-state index in [-0.39, 0.29) is 0 Å². The molecule has 2 aromatic rings. The van der Waals surface area contributed by atoms with Crippen molar-refractivity contribution >= 4 is 0 Å². The van der Waals surface area contributed by atoms with Crippen molar-refractivity contribution in [3.63, 3.8) is 0 Å². The van der Waals surface area contributed by atoms with E-state index in [1.54, 1.807) is 0 Å². The number of hydrogen-bond donors (Lipinski definition) is 1. The normalized spacial score (nSPS) is 10.7. The Morgan fingerprint density at radius 3 is 2.35 bits per heavy atom. The Morgan fingerprint density at radius 1 is 0.870 bits per heavy atom. The van der Waals surface area contributed by atoms with Gasteiger partial charge in [-0.05, 0) is 80.8 Å². The van der Waals surface area contributed by atoms with E-state index in [1.807, 2.05) is 0 Å². The summed E-state index contributed by atoms with van der Waals surface area (Å²) in [4.78, 5) is 0. The Labute approximate surface area is 140 Å². The Kier molecular flexibility index (Phi) is 7.15. The van der Waals surface area contributed by atoms with E-state index in [1.165, 1.54) is 35.1 Å². The number of benzene rings is 2. The SMILES string of the molecule is Cc1ccc(OCCCN)c(CCCCc2ccccc2)c1C. The van der Waals surface area contributed by atoms with E-state index in [2.05, 4.69) is 56.3 Å². The smallest absolute Gasteiger partial charge is 0.122 e. The zero-order valence-electron chi connectivity index (χ0n) is 14.5. The van der Waals surface area contributed by atoms with Crippen molar-refractivity contribution in [1.29, 1.82) is 0 Å². The van der Waals surface area contributed by atoms with Gasteiger partial charge in [0.2, 0.25) is 0 Å². The summed E-state index contributed by atoms with van der Waals surface area (Å²) in [6.45, 7) is 5.76. The van der Waals surface area contributed by atoms with Crippen LogP contribution in [0, 0.1) is 13.8 Å². The van der Waals surface area contributed by atoms with Crippen LogP contribution in [0.1, 0.15) is 41.5 Å².